The maximum absolute atomic E-state index is 12.7. The van der Waals surface area contributed by atoms with Gasteiger partial charge in [0.1, 0.15) is 5.75 Å². The van der Waals surface area contributed by atoms with Crippen LogP contribution in [0.25, 0.3) is 15.9 Å². The fraction of sp³-hybridized carbons (Fsp3) is 0.160. The van der Waals surface area contributed by atoms with Crippen LogP contribution in [0.2, 0.25) is 0 Å². The van der Waals surface area contributed by atoms with Crippen molar-refractivity contribution in [2.24, 2.45) is 0 Å². The Labute approximate surface area is 199 Å². The van der Waals surface area contributed by atoms with Crippen LogP contribution < -0.4 is 9.61 Å². The largest absolute Gasteiger partial charge is 0.497 e. The fourth-order valence-electron chi connectivity index (χ4n) is 3.73. The number of para-hydroxylation sites is 1. The molecule has 0 saturated heterocycles. The maximum Gasteiger partial charge on any atom is 0.308 e. The summed E-state index contributed by atoms with van der Waals surface area (Å²) in [6, 6.07) is 26.0. The van der Waals surface area contributed by atoms with Gasteiger partial charge in [-0.2, -0.15) is 0 Å². The van der Waals surface area contributed by atoms with E-state index in [0.717, 1.165) is 26.8 Å². The summed E-state index contributed by atoms with van der Waals surface area (Å²) >= 11 is 2.89. The molecule has 0 bridgehead atoms. The van der Waals surface area contributed by atoms with Gasteiger partial charge in [0.2, 0.25) is 0 Å². The van der Waals surface area contributed by atoms with Crippen molar-refractivity contribution in [3.8, 4) is 11.4 Å². The van der Waals surface area contributed by atoms with Crippen molar-refractivity contribution < 1.29 is 4.74 Å². The van der Waals surface area contributed by atoms with Gasteiger partial charge < -0.3 is 4.74 Å². The second-order valence-electron chi connectivity index (χ2n) is 7.52. The van der Waals surface area contributed by atoms with Gasteiger partial charge in [-0.25, -0.2) is 0 Å². The molecule has 5 rings (SSSR count). The Kier molecular flexibility index (Phi) is 6.02. The van der Waals surface area contributed by atoms with Crippen LogP contribution in [0.15, 0.2) is 88.8 Å². The van der Waals surface area contributed by atoms with Crippen LogP contribution in [0.4, 0.5) is 0 Å². The molecule has 2 aromatic heterocycles. The average molecular weight is 475 g/mol. The van der Waals surface area contributed by atoms with E-state index >= 15 is 0 Å². The van der Waals surface area contributed by atoms with Gasteiger partial charge in [0, 0.05) is 10.9 Å². The Morgan fingerprint density at radius 2 is 1.70 bits per heavy atom. The van der Waals surface area contributed by atoms with Crippen LogP contribution in [0.5, 0.6) is 5.75 Å². The number of methoxy groups -OCH3 is 1. The molecule has 33 heavy (non-hydrogen) atoms. The molecule has 0 unspecified atom stereocenters. The number of benzene rings is 3. The molecule has 2 heterocycles. The zero-order valence-corrected chi connectivity index (χ0v) is 19.8. The quantitative estimate of drug-likeness (QED) is 0.289. The van der Waals surface area contributed by atoms with Gasteiger partial charge in [0.15, 0.2) is 11.0 Å². The second-order valence-corrected chi connectivity index (χ2v) is 9.83. The zero-order valence-electron chi connectivity index (χ0n) is 18.2. The Morgan fingerprint density at radius 3 is 2.45 bits per heavy atom. The highest BCUT2D eigenvalue weighted by atomic mass is 32.2. The smallest absolute Gasteiger partial charge is 0.308 e. The molecule has 0 saturated carbocycles. The Bertz CT molecular complexity index is 1440. The van der Waals surface area contributed by atoms with E-state index in [-0.39, 0.29) is 10.1 Å². The predicted octanol–water partition coefficient (Wildman–Crippen LogP) is 5.55. The summed E-state index contributed by atoms with van der Waals surface area (Å²) in [6.07, 6.45) is 0. The van der Waals surface area contributed by atoms with Crippen molar-refractivity contribution in [1.29, 1.82) is 0 Å². The molecule has 6 nitrogen and oxygen atoms in total. The van der Waals surface area contributed by atoms with E-state index in [2.05, 4.69) is 29.3 Å². The first-order chi connectivity index (χ1) is 16.1. The number of aromatic nitrogens is 4. The minimum absolute atomic E-state index is 0.00709. The van der Waals surface area contributed by atoms with Gasteiger partial charge >= 0.3 is 4.87 Å². The predicted molar refractivity (Wildman–Crippen MR) is 134 cm³/mol. The summed E-state index contributed by atoms with van der Waals surface area (Å²) in [6.45, 7) is 2.49. The van der Waals surface area contributed by atoms with Crippen molar-refractivity contribution in [1.82, 2.24) is 19.3 Å². The second kappa shape index (κ2) is 9.25. The molecular weight excluding hydrogens is 452 g/mol. The summed E-state index contributed by atoms with van der Waals surface area (Å²) in [4.78, 5) is 12.7. The van der Waals surface area contributed by atoms with E-state index in [1.807, 2.05) is 71.3 Å². The maximum atomic E-state index is 12.7. The molecule has 0 amide bonds. The number of ether oxygens (including phenoxy) is 1. The van der Waals surface area contributed by atoms with Crippen molar-refractivity contribution in [3.63, 3.8) is 0 Å². The number of hydrogen-bond acceptors (Lipinski definition) is 6. The van der Waals surface area contributed by atoms with Gasteiger partial charge in [-0.05, 0) is 48.9 Å². The van der Waals surface area contributed by atoms with Crippen LogP contribution in [-0.4, -0.2) is 26.4 Å². The monoisotopic (exact) mass is 474 g/mol. The molecule has 3 aromatic carbocycles. The molecule has 166 valence electrons. The number of rotatable bonds is 7. The van der Waals surface area contributed by atoms with Crippen LogP contribution in [0, 0.1) is 0 Å². The van der Waals surface area contributed by atoms with Crippen LogP contribution in [0.1, 0.15) is 23.6 Å². The average Bonchev–Trinajstić information content (AvgIpc) is 3.40. The third-order valence-corrected chi connectivity index (χ3v) is 7.52. The lowest BCUT2D eigenvalue weighted by molar-refractivity contribution is 0.414. The normalized spacial score (nSPS) is 12.2. The molecule has 0 aliphatic carbocycles. The van der Waals surface area contributed by atoms with E-state index in [1.54, 1.807) is 23.4 Å². The topological polar surface area (TPSA) is 61.9 Å². The van der Waals surface area contributed by atoms with Crippen molar-refractivity contribution in [3.05, 3.63) is 99.9 Å². The van der Waals surface area contributed by atoms with Gasteiger partial charge in [0.25, 0.3) is 0 Å². The third-order valence-electron chi connectivity index (χ3n) is 5.46. The first kappa shape index (κ1) is 21.5. The molecule has 0 aliphatic heterocycles. The number of fused-ring (bicyclic) bond motifs is 1. The standard InChI is InChI=1S/C25H22N4O2S2/c1-17(18-8-4-3-5-9-18)32-24-27-26-23(29(24)19-12-14-20(31-2)15-13-19)16-28-21-10-6-7-11-22(21)33-25(28)30/h3-15,17H,16H2,1-2H3/t17-/m0/s1. The van der Waals surface area contributed by atoms with Crippen molar-refractivity contribution >= 4 is 33.3 Å². The highest BCUT2D eigenvalue weighted by Crippen LogP contribution is 2.35. The number of thioether (sulfide) groups is 1. The van der Waals surface area contributed by atoms with Crippen LogP contribution in [-0.2, 0) is 6.54 Å². The van der Waals surface area contributed by atoms with Crippen molar-refractivity contribution in [2.45, 2.75) is 23.9 Å². The van der Waals surface area contributed by atoms with Crippen LogP contribution >= 0.6 is 23.1 Å². The van der Waals surface area contributed by atoms with E-state index < -0.39 is 0 Å². The summed E-state index contributed by atoms with van der Waals surface area (Å²) < 4.78 is 10.1. The Balaban J connectivity index is 1.57. The summed E-state index contributed by atoms with van der Waals surface area (Å²) in [7, 11) is 1.65. The van der Waals surface area contributed by atoms with Crippen LogP contribution in [0.3, 0.4) is 0 Å². The molecule has 0 N–H and O–H groups in total. The zero-order chi connectivity index (χ0) is 22.8. The van der Waals surface area contributed by atoms with E-state index in [1.165, 1.54) is 16.9 Å². The summed E-state index contributed by atoms with van der Waals surface area (Å²) in [5.41, 5.74) is 3.04. The molecule has 1 atom stereocenters. The fourth-order valence-corrected chi connectivity index (χ4v) is 5.63. The molecule has 0 spiro atoms. The van der Waals surface area contributed by atoms with E-state index in [9.17, 15) is 4.79 Å². The third kappa shape index (κ3) is 4.31. The van der Waals surface area contributed by atoms with Gasteiger partial charge in [-0.3, -0.25) is 13.9 Å². The molecule has 5 aromatic rings. The highest BCUT2D eigenvalue weighted by molar-refractivity contribution is 7.99. The van der Waals surface area contributed by atoms with Gasteiger partial charge in [0.05, 0.1) is 23.9 Å². The molecule has 0 fully saturated rings. The summed E-state index contributed by atoms with van der Waals surface area (Å²) in [5, 5.41) is 10.00. The minimum Gasteiger partial charge on any atom is -0.497 e. The lowest BCUT2D eigenvalue weighted by Crippen LogP contribution is -2.17. The Morgan fingerprint density at radius 1 is 0.970 bits per heavy atom. The highest BCUT2D eigenvalue weighted by Gasteiger charge is 2.20. The summed E-state index contributed by atoms with van der Waals surface area (Å²) in [5.74, 6) is 1.48. The molecule has 0 radical (unpaired) electrons. The first-order valence-corrected chi connectivity index (χ1v) is 12.2. The number of nitrogens with zero attached hydrogens (tertiary/aromatic N) is 4. The van der Waals surface area contributed by atoms with Gasteiger partial charge in [-0.1, -0.05) is 65.6 Å². The SMILES string of the molecule is COc1ccc(-n2c(Cn3c(=O)sc4ccccc43)nnc2S[C@@H](C)c2ccccc2)cc1. The molecule has 0 aliphatic rings. The Hall–Kier alpha value is -3.36. The number of hydrogen-bond donors (Lipinski definition) is 0. The van der Waals surface area contributed by atoms with E-state index in [0.29, 0.717) is 12.4 Å². The number of thiazole rings is 1. The molecular formula is C25H22N4O2S2. The first-order valence-electron chi connectivity index (χ1n) is 10.5. The lowest BCUT2D eigenvalue weighted by atomic mass is 10.2. The molecule has 8 heteroatoms. The van der Waals surface area contributed by atoms with Gasteiger partial charge in [-0.15, -0.1) is 10.2 Å². The van der Waals surface area contributed by atoms with E-state index in [4.69, 9.17) is 4.74 Å². The van der Waals surface area contributed by atoms with Crippen molar-refractivity contribution in [2.75, 3.05) is 7.11 Å². The lowest BCUT2D eigenvalue weighted by Gasteiger charge is -2.14. The minimum atomic E-state index is -0.00709.